The van der Waals surface area contributed by atoms with Crippen molar-refractivity contribution >= 4 is 39.2 Å². The van der Waals surface area contributed by atoms with Crippen molar-refractivity contribution in [1.82, 2.24) is 4.31 Å². The molecule has 1 fully saturated rings. The van der Waals surface area contributed by atoms with E-state index < -0.39 is 22.0 Å². The molecular weight excluding hydrogens is 325 g/mol. The molecule has 0 amide bonds. The van der Waals surface area contributed by atoms with Gasteiger partial charge in [-0.3, -0.25) is 4.79 Å². The van der Waals surface area contributed by atoms with E-state index in [0.717, 1.165) is 4.31 Å². The zero-order valence-electron chi connectivity index (χ0n) is 10.7. The van der Waals surface area contributed by atoms with Gasteiger partial charge in [0.15, 0.2) is 0 Å². The van der Waals surface area contributed by atoms with Gasteiger partial charge in [-0.2, -0.15) is 4.31 Å². The molecule has 0 unspecified atom stereocenters. The molecule has 8 heteroatoms. The van der Waals surface area contributed by atoms with Gasteiger partial charge in [0, 0.05) is 16.6 Å². The van der Waals surface area contributed by atoms with Crippen LogP contribution in [0.3, 0.4) is 0 Å². The Labute approximate surface area is 127 Å². The molecule has 5 nitrogen and oxygen atoms in total. The third-order valence-electron chi connectivity index (χ3n) is 3.12. The maximum absolute atomic E-state index is 12.6. The Hall–Kier alpha value is -0.820. The predicted octanol–water partition coefficient (Wildman–Crippen LogP) is 2.32. The van der Waals surface area contributed by atoms with E-state index >= 15 is 0 Å². The highest BCUT2D eigenvalue weighted by Crippen LogP contribution is 2.30. The molecule has 2 rings (SSSR count). The van der Waals surface area contributed by atoms with Gasteiger partial charge in [0.25, 0.3) is 0 Å². The van der Waals surface area contributed by atoms with E-state index in [4.69, 9.17) is 23.2 Å². The number of halogens is 2. The Bertz CT molecular complexity index is 612. The summed E-state index contributed by atoms with van der Waals surface area (Å²) in [6, 6.07) is 3.29. The Kier molecular flexibility index (Phi) is 4.59. The number of methoxy groups -OCH3 is 1. The molecule has 1 heterocycles. The third kappa shape index (κ3) is 2.93. The summed E-state index contributed by atoms with van der Waals surface area (Å²) >= 11 is 11.7. The lowest BCUT2D eigenvalue weighted by Gasteiger charge is -2.22. The van der Waals surface area contributed by atoms with Crippen LogP contribution in [-0.4, -0.2) is 38.4 Å². The Morgan fingerprint density at radius 2 is 1.90 bits per heavy atom. The number of hydrogen-bond donors (Lipinski definition) is 0. The number of nitrogens with zero attached hydrogens (tertiary/aromatic N) is 1. The van der Waals surface area contributed by atoms with Crippen molar-refractivity contribution in [2.24, 2.45) is 0 Å². The second kappa shape index (κ2) is 5.89. The van der Waals surface area contributed by atoms with E-state index in [9.17, 15) is 13.2 Å². The third-order valence-corrected chi connectivity index (χ3v) is 5.44. The summed E-state index contributed by atoms with van der Waals surface area (Å²) in [6.07, 6.45) is 1.05. The van der Waals surface area contributed by atoms with Crippen molar-refractivity contribution in [3.8, 4) is 0 Å². The van der Waals surface area contributed by atoms with Crippen LogP contribution in [0.4, 0.5) is 0 Å². The Morgan fingerprint density at radius 1 is 1.30 bits per heavy atom. The van der Waals surface area contributed by atoms with Gasteiger partial charge >= 0.3 is 5.97 Å². The fourth-order valence-electron chi connectivity index (χ4n) is 2.21. The molecule has 0 bridgehead atoms. The van der Waals surface area contributed by atoms with Crippen molar-refractivity contribution in [3.63, 3.8) is 0 Å². The van der Waals surface area contributed by atoms with Gasteiger partial charge in [-0.1, -0.05) is 23.2 Å². The number of carbonyl (C=O) groups is 1. The molecule has 0 aromatic heterocycles. The summed E-state index contributed by atoms with van der Waals surface area (Å²) in [4.78, 5) is 11.6. The lowest BCUT2D eigenvalue weighted by molar-refractivity contribution is -0.144. The van der Waals surface area contributed by atoms with Crippen LogP contribution in [-0.2, 0) is 19.6 Å². The second-order valence-electron chi connectivity index (χ2n) is 4.40. The maximum atomic E-state index is 12.6. The van der Waals surface area contributed by atoms with Gasteiger partial charge in [0.2, 0.25) is 10.0 Å². The van der Waals surface area contributed by atoms with Crippen molar-refractivity contribution in [2.75, 3.05) is 13.7 Å². The maximum Gasteiger partial charge on any atom is 0.324 e. The molecule has 1 aromatic rings. The normalized spacial score (nSPS) is 20.1. The lowest BCUT2D eigenvalue weighted by Crippen LogP contribution is -2.41. The summed E-state index contributed by atoms with van der Waals surface area (Å²) in [5.74, 6) is -0.556. The highest BCUT2D eigenvalue weighted by atomic mass is 35.5. The van der Waals surface area contributed by atoms with Crippen LogP contribution in [0.15, 0.2) is 23.1 Å². The summed E-state index contributed by atoms with van der Waals surface area (Å²) in [7, 11) is -2.59. The minimum Gasteiger partial charge on any atom is -0.468 e. The quantitative estimate of drug-likeness (QED) is 0.794. The molecule has 0 aliphatic carbocycles. The minimum atomic E-state index is -3.82. The fourth-order valence-corrected chi connectivity index (χ4v) is 4.59. The number of benzene rings is 1. The van der Waals surface area contributed by atoms with E-state index in [1.807, 2.05) is 0 Å². The molecule has 1 saturated heterocycles. The molecule has 110 valence electrons. The van der Waals surface area contributed by atoms with Crippen LogP contribution in [0.5, 0.6) is 0 Å². The van der Waals surface area contributed by atoms with E-state index in [-0.39, 0.29) is 21.5 Å². The fraction of sp³-hybridized carbons (Fsp3) is 0.417. The molecule has 0 spiro atoms. The van der Waals surface area contributed by atoms with Crippen LogP contribution in [0.25, 0.3) is 0 Å². The van der Waals surface area contributed by atoms with E-state index in [0.29, 0.717) is 12.8 Å². The van der Waals surface area contributed by atoms with Crippen molar-refractivity contribution in [1.29, 1.82) is 0 Å². The number of hydrogen-bond acceptors (Lipinski definition) is 4. The molecule has 1 aliphatic rings. The van der Waals surface area contributed by atoms with Crippen molar-refractivity contribution in [3.05, 3.63) is 28.2 Å². The van der Waals surface area contributed by atoms with Gasteiger partial charge in [-0.25, -0.2) is 8.42 Å². The standard InChI is InChI=1S/C12H13Cl2NO4S/c1-19-12(16)11-3-2-4-15(11)20(17,18)10-6-8(13)5-9(14)7-10/h5-7,11H,2-4H2,1H3/t11-/m0/s1. The average molecular weight is 338 g/mol. The zero-order valence-corrected chi connectivity index (χ0v) is 13.0. The molecule has 20 heavy (non-hydrogen) atoms. The number of rotatable bonds is 3. The largest absolute Gasteiger partial charge is 0.468 e. The number of carbonyl (C=O) groups excluding carboxylic acids is 1. The van der Waals surface area contributed by atoms with Gasteiger partial charge in [0.05, 0.1) is 12.0 Å². The summed E-state index contributed by atoms with van der Waals surface area (Å²) in [5.41, 5.74) is 0. The summed E-state index contributed by atoms with van der Waals surface area (Å²) < 4.78 is 30.9. The SMILES string of the molecule is COC(=O)[C@@H]1CCCN1S(=O)(=O)c1cc(Cl)cc(Cl)c1. The van der Waals surface area contributed by atoms with Gasteiger partial charge < -0.3 is 4.74 Å². The Balaban J connectivity index is 2.41. The van der Waals surface area contributed by atoms with Crippen LogP contribution < -0.4 is 0 Å². The molecule has 1 aromatic carbocycles. The van der Waals surface area contributed by atoms with Gasteiger partial charge in [-0.05, 0) is 31.0 Å². The molecule has 0 saturated carbocycles. The predicted molar refractivity (Wildman–Crippen MR) is 75.4 cm³/mol. The smallest absolute Gasteiger partial charge is 0.324 e. The van der Waals surface area contributed by atoms with Crippen LogP contribution in [0.2, 0.25) is 10.0 Å². The second-order valence-corrected chi connectivity index (χ2v) is 7.17. The highest BCUT2D eigenvalue weighted by molar-refractivity contribution is 7.89. The molecule has 1 atom stereocenters. The van der Waals surface area contributed by atoms with E-state index in [2.05, 4.69) is 4.74 Å². The molecular formula is C12H13Cl2NO4S. The van der Waals surface area contributed by atoms with Crippen LogP contribution in [0.1, 0.15) is 12.8 Å². The summed E-state index contributed by atoms with van der Waals surface area (Å²) in [5, 5.41) is 0.453. The van der Waals surface area contributed by atoms with Crippen molar-refractivity contribution in [2.45, 2.75) is 23.8 Å². The molecule has 0 N–H and O–H groups in total. The first-order valence-corrected chi connectivity index (χ1v) is 8.11. The van der Waals surface area contributed by atoms with Gasteiger partial charge in [-0.15, -0.1) is 0 Å². The first-order chi connectivity index (χ1) is 9.36. The first-order valence-electron chi connectivity index (χ1n) is 5.92. The van der Waals surface area contributed by atoms with Crippen molar-refractivity contribution < 1.29 is 17.9 Å². The Morgan fingerprint density at radius 3 is 2.45 bits per heavy atom. The van der Waals surface area contributed by atoms with E-state index in [1.54, 1.807) is 0 Å². The monoisotopic (exact) mass is 337 g/mol. The first kappa shape index (κ1) is 15.6. The van der Waals surface area contributed by atoms with Gasteiger partial charge in [0.1, 0.15) is 6.04 Å². The number of esters is 1. The molecule has 1 aliphatic heterocycles. The number of ether oxygens (including phenoxy) is 1. The average Bonchev–Trinajstić information content (AvgIpc) is 2.86. The number of sulfonamides is 1. The topological polar surface area (TPSA) is 63.7 Å². The van der Waals surface area contributed by atoms with E-state index in [1.165, 1.54) is 25.3 Å². The van der Waals surface area contributed by atoms with Crippen LogP contribution >= 0.6 is 23.2 Å². The summed E-state index contributed by atoms with van der Waals surface area (Å²) in [6.45, 7) is 0.270. The highest BCUT2D eigenvalue weighted by Gasteiger charge is 2.40. The zero-order chi connectivity index (χ0) is 14.9. The molecule has 0 radical (unpaired) electrons. The lowest BCUT2D eigenvalue weighted by atomic mass is 10.2. The minimum absolute atomic E-state index is 0.0224. The van der Waals surface area contributed by atoms with Crippen LogP contribution in [0, 0.1) is 0 Å².